The quantitative estimate of drug-likeness (QED) is 0.658. The molecule has 1 aromatic rings. The minimum Gasteiger partial charge on any atom is -0.290 e. The van der Waals surface area contributed by atoms with E-state index in [4.69, 9.17) is 11.6 Å². The second-order valence-corrected chi connectivity index (χ2v) is 4.50. The van der Waals surface area contributed by atoms with Gasteiger partial charge in [-0.3, -0.25) is 4.79 Å². The van der Waals surface area contributed by atoms with Crippen molar-refractivity contribution in [2.24, 2.45) is 0 Å². The Labute approximate surface area is 95.1 Å². The van der Waals surface area contributed by atoms with Gasteiger partial charge in [-0.2, -0.15) is 0 Å². The van der Waals surface area contributed by atoms with E-state index in [1.165, 1.54) is 19.3 Å². The smallest absolute Gasteiger partial charge is 0.183 e. The van der Waals surface area contributed by atoms with Crippen molar-refractivity contribution in [2.75, 3.05) is 0 Å². The third-order valence-corrected chi connectivity index (χ3v) is 3.48. The highest BCUT2D eigenvalue weighted by molar-refractivity contribution is 6.32. The molecule has 0 saturated heterocycles. The van der Waals surface area contributed by atoms with Crippen LogP contribution in [0.25, 0.3) is 0 Å². The molecule has 0 fully saturated rings. The lowest BCUT2D eigenvalue weighted by Gasteiger charge is -2.00. The van der Waals surface area contributed by atoms with Crippen LogP contribution < -0.4 is 5.43 Å². The van der Waals surface area contributed by atoms with E-state index in [9.17, 15) is 4.79 Å². The second kappa shape index (κ2) is 4.80. The van der Waals surface area contributed by atoms with Crippen LogP contribution in [0.15, 0.2) is 23.0 Å². The predicted molar refractivity (Wildman–Crippen MR) is 63.6 cm³/mol. The van der Waals surface area contributed by atoms with Crippen LogP contribution in [-0.2, 0) is 12.8 Å². The van der Waals surface area contributed by atoms with E-state index in [-0.39, 0.29) is 5.43 Å². The molecule has 0 spiro atoms. The zero-order chi connectivity index (χ0) is 10.7. The van der Waals surface area contributed by atoms with Crippen molar-refractivity contribution in [3.05, 3.63) is 44.6 Å². The van der Waals surface area contributed by atoms with Crippen molar-refractivity contribution in [3.63, 3.8) is 0 Å². The molecule has 1 aliphatic rings. The average molecular weight is 223 g/mol. The Bertz CT molecular complexity index is 412. The third-order valence-electron chi connectivity index (χ3n) is 3.01. The Morgan fingerprint density at radius 1 is 1.00 bits per heavy atom. The van der Waals surface area contributed by atoms with Gasteiger partial charge in [0, 0.05) is 5.56 Å². The molecule has 2 heteroatoms. The van der Waals surface area contributed by atoms with Crippen LogP contribution in [0.2, 0.25) is 5.02 Å². The normalized spacial score (nSPS) is 16.3. The van der Waals surface area contributed by atoms with Gasteiger partial charge in [-0.1, -0.05) is 36.6 Å². The molecule has 15 heavy (non-hydrogen) atoms. The fourth-order valence-corrected chi connectivity index (χ4v) is 2.47. The van der Waals surface area contributed by atoms with E-state index in [2.05, 4.69) is 0 Å². The lowest BCUT2D eigenvalue weighted by atomic mass is 10.1. The van der Waals surface area contributed by atoms with Gasteiger partial charge in [0.1, 0.15) is 0 Å². The molecule has 0 radical (unpaired) electrons. The summed E-state index contributed by atoms with van der Waals surface area (Å²) in [5.41, 5.74) is 2.04. The van der Waals surface area contributed by atoms with Gasteiger partial charge >= 0.3 is 0 Å². The van der Waals surface area contributed by atoms with Crippen molar-refractivity contribution in [1.82, 2.24) is 0 Å². The van der Waals surface area contributed by atoms with Crippen LogP contribution in [0, 0.1) is 0 Å². The molecule has 0 heterocycles. The summed E-state index contributed by atoms with van der Waals surface area (Å²) in [6, 6.07) is 5.44. The number of aryl methyl sites for hydroxylation is 1. The number of fused-ring (bicyclic) bond motifs is 2. The molecule has 0 saturated carbocycles. The lowest BCUT2D eigenvalue weighted by molar-refractivity contribution is 0.647. The molecule has 0 unspecified atom stereocenters. The van der Waals surface area contributed by atoms with E-state index in [1.54, 1.807) is 6.07 Å². The SMILES string of the molecule is O=c1cccc2c(Cl)c1CCCCCC2. The number of halogens is 1. The van der Waals surface area contributed by atoms with Crippen molar-refractivity contribution in [2.45, 2.75) is 38.5 Å². The van der Waals surface area contributed by atoms with Crippen molar-refractivity contribution in [1.29, 1.82) is 0 Å². The van der Waals surface area contributed by atoms with Gasteiger partial charge in [0.25, 0.3) is 0 Å². The maximum atomic E-state index is 11.7. The van der Waals surface area contributed by atoms with Gasteiger partial charge in [0.15, 0.2) is 5.43 Å². The molecule has 80 valence electrons. The van der Waals surface area contributed by atoms with Crippen LogP contribution in [0.4, 0.5) is 0 Å². The average Bonchev–Trinajstić information content (AvgIpc) is 2.30. The second-order valence-electron chi connectivity index (χ2n) is 4.12. The Balaban J connectivity index is 2.56. The number of hydrogen-bond donors (Lipinski definition) is 0. The van der Waals surface area contributed by atoms with Gasteiger partial charge in [-0.05, 0) is 37.3 Å². The third kappa shape index (κ3) is 2.40. The first kappa shape index (κ1) is 10.7. The Morgan fingerprint density at radius 2 is 1.73 bits per heavy atom. The highest BCUT2D eigenvalue weighted by atomic mass is 35.5. The topological polar surface area (TPSA) is 17.1 Å². The molecule has 0 N–H and O–H groups in total. The van der Waals surface area contributed by atoms with Crippen LogP contribution in [-0.4, -0.2) is 0 Å². The summed E-state index contributed by atoms with van der Waals surface area (Å²) in [5.74, 6) is 0. The number of hydrogen-bond acceptors (Lipinski definition) is 1. The summed E-state index contributed by atoms with van der Waals surface area (Å²) >= 11 is 6.28. The summed E-state index contributed by atoms with van der Waals surface area (Å²) in [6.07, 6.45) is 6.54. The highest BCUT2D eigenvalue weighted by Gasteiger charge is 2.10. The maximum Gasteiger partial charge on any atom is 0.183 e. The molecule has 1 nitrogen and oxygen atoms in total. The molecule has 0 atom stereocenters. The molecule has 0 amide bonds. The summed E-state index contributed by atoms with van der Waals surface area (Å²) in [6.45, 7) is 0. The zero-order valence-electron chi connectivity index (χ0n) is 8.76. The zero-order valence-corrected chi connectivity index (χ0v) is 9.52. The van der Waals surface area contributed by atoms with Gasteiger partial charge in [-0.15, -0.1) is 0 Å². The van der Waals surface area contributed by atoms with Gasteiger partial charge in [0.2, 0.25) is 0 Å². The molecule has 1 aromatic carbocycles. The van der Waals surface area contributed by atoms with E-state index >= 15 is 0 Å². The van der Waals surface area contributed by atoms with Crippen LogP contribution in [0.1, 0.15) is 36.8 Å². The van der Waals surface area contributed by atoms with Crippen LogP contribution in [0.5, 0.6) is 0 Å². The molecule has 0 aromatic heterocycles. The fraction of sp³-hybridized carbons (Fsp3) is 0.462. The first-order valence-corrected chi connectivity index (χ1v) is 5.97. The summed E-state index contributed by atoms with van der Waals surface area (Å²) in [7, 11) is 0. The highest BCUT2D eigenvalue weighted by Crippen LogP contribution is 2.23. The molecule has 0 aliphatic heterocycles. The van der Waals surface area contributed by atoms with E-state index in [0.29, 0.717) is 5.02 Å². The van der Waals surface area contributed by atoms with Crippen LogP contribution >= 0.6 is 11.6 Å². The first-order valence-electron chi connectivity index (χ1n) is 5.59. The minimum absolute atomic E-state index is 0.0909. The summed E-state index contributed by atoms with van der Waals surface area (Å²) in [4.78, 5) is 11.7. The molecule has 2 bridgehead atoms. The first-order chi connectivity index (χ1) is 7.29. The van der Waals surface area contributed by atoms with Crippen molar-refractivity contribution < 1.29 is 0 Å². The van der Waals surface area contributed by atoms with E-state index in [0.717, 1.165) is 30.4 Å². The van der Waals surface area contributed by atoms with Crippen LogP contribution in [0.3, 0.4) is 0 Å². The molecular weight excluding hydrogens is 208 g/mol. The Kier molecular flexibility index (Phi) is 3.42. The predicted octanol–water partition coefficient (Wildman–Crippen LogP) is 3.36. The molecule has 1 aliphatic carbocycles. The standard InChI is InChI=1S/C13H15ClO/c14-13-10-6-3-1-2-4-8-11(13)12(15)9-5-7-10/h5,7,9H,1-4,6,8H2. The Morgan fingerprint density at radius 3 is 2.53 bits per heavy atom. The fourth-order valence-electron chi connectivity index (χ4n) is 2.12. The summed E-state index contributed by atoms with van der Waals surface area (Å²) in [5, 5.41) is 0.715. The monoisotopic (exact) mass is 222 g/mol. The van der Waals surface area contributed by atoms with Gasteiger partial charge in [0.05, 0.1) is 5.02 Å². The number of rotatable bonds is 0. The van der Waals surface area contributed by atoms with E-state index in [1.807, 2.05) is 12.1 Å². The van der Waals surface area contributed by atoms with Crippen molar-refractivity contribution in [3.8, 4) is 0 Å². The largest absolute Gasteiger partial charge is 0.290 e. The summed E-state index contributed by atoms with van der Waals surface area (Å²) < 4.78 is 0. The Hall–Kier alpha value is -0.820. The minimum atomic E-state index is 0.0909. The van der Waals surface area contributed by atoms with Gasteiger partial charge < -0.3 is 0 Å². The van der Waals surface area contributed by atoms with Gasteiger partial charge in [-0.25, -0.2) is 0 Å². The maximum absolute atomic E-state index is 11.7. The molecule has 2 rings (SSSR count). The lowest BCUT2D eigenvalue weighted by Crippen LogP contribution is -2.05. The van der Waals surface area contributed by atoms with E-state index < -0.39 is 0 Å². The van der Waals surface area contributed by atoms with Crippen molar-refractivity contribution >= 4 is 11.6 Å². The molecular formula is C13H15ClO.